The Labute approximate surface area is 142 Å². The molecular formula is C18H24N4O2. The molecule has 1 fully saturated rings. The Morgan fingerprint density at radius 3 is 3.04 bits per heavy atom. The van der Waals surface area contributed by atoms with Gasteiger partial charge >= 0.3 is 0 Å². The summed E-state index contributed by atoms with van der Waals surface area (Å²) >= 11 is 0. The summed E-state index contributed by atoms with van der Waals surface area (Å²) in [7, 11) is 1.69. The van der Waals surface area contributed by atoms with Crippen LogP contribution in [0.1, 0.15) is 31.2 Å². The van der Waals surface area contributed by atoms with Gasteiger partial charge in [0.15, 0.2) is 0 Å². The first-order valence-corrected chi connectivity index (χ1v) is 8.51. The third-order valence-corrected chi connectivity index (χ3v) is 4.59. The van der Waals surface area contributed by atoms with Crippen molar-refractivity contribution in [2.45, 2.75) is 44.7 Å². The fourth-order valence-electron chi connectivity index (χ4n) is 3.39. The molecule has 0 unspecified atom stereocenters. The number of carbonyl (C=O) groups excluding carboxylic acids is 1. The van der Waals surface area contributed by atoms with Gasteiger partial charge in [-0.05, 0) is 37.3 Å². The first-order valence-electron chi connectivity index (χ1n) is 8.51. The molecule has 2 heterocycles. The molecule has 0 spiro atoms. The number of para-hydroxylation sites is 1. The van der Waals surface area contributed by atoms with Crippen molar-refractivity contribution in [3.8, 4) is 5.75 Å². The monoisotopic (exact) mass is 328 g/mol. The van der Waals surface area contributed by atoms with Crippen molar-refractivity contribution in [3.63, 3.8) is 0 Å². The summed E-state index contributed by atoms with van der Waals surface area (Å²) in [6.45, 7) is 1.60. The standard InChI is InChI=1S/C18H24N4O2/c1-24-17-8-3-2-6-15(17)12-16-7-4-11-22(16)18(23)9-5-10-21-14-19-13-20-21/h2-3,6,8,13-14,16H,4-5,7,9-12H2,1H3/t16-/m0/s1. The van der Waals surface area contributed by atoms with Gasteiger partial charge < -0.3 is 9.64 Å². The number of aromatic nitrogens is 3. The van der Waals surface area contributed by atoms with Gasteiger partial charge in [-0.15, -0.1) is 0 Å². The molecule has 0 radical (unpaired) electrons. The van der Waals surface area contributed by atoms with Gasteiger partial charge in [0.05, 0.1) is 7.11 Å². The quantitative estimate of drug-likeness (QED) is 0.782. The molecule has 2 aromatic rings. The van der Waals surface area contributed by atoms with Gasteiger partial charge in [-0.25, -0.2) is 4.98 Å². The van der Waals surface area contributed by atoms with Crippen molar-refractivity contribution in [2.24, 2.45) is 0 Å². The molecule has 1 aliphatic heterocycles. The molecule has 1 aliphatic rings. The summed E-state index contributed by atoms with van der Waals surface area (Å²) in [5, 5.41) is 4.07. The van der Waals surface area contributed by atoms with Gasteiger partial charge in [0, 0.05) is 25.6 Å². The number of methoxy groups -OCH3 is 1. The normalized spacial score (nSPS) is 17.2. The van der Waals surface area contributed by atoms with E-state index in [-0.39, 0.29) is 11.9 Å². The van der Waals surface area contributed by atoms with Gasteiger partial charge in [-0.1, -0.05) is 18.2 Å². The van der Waals surface area contributed by atoms with Crippen LogP contribution in [0.15, 0.2) is 36.9 Å². The maximum Gasteiger partial charge on any atom is 0.222 e. The minimum Gasteiger partial charge on any atom is -0.496 e. The lowest BCUT2D eigenvalue weighted by Gasteiger charge is -2.25. The Bertz CT molecular complexity index is 657. The molecule has 1 aromatic carbocycles. The smallest absolute Gasteiger partial charge is 0.222 e. The number of hydrogen-bond donors (Lipinski definition) is 0. The van der Waals surface area contributed by atoms with E-state index in [9.17, 15) is 4.79 Å². The maximum atomic E-state index is 12.6. The second-order valence-corrected chi connectivity index (χ2v) is 6.16. The number of nitrogens with zero attached hydrogens (tertiary/aromatic N) is 4. The molecule has 24 heavy (non-hydrogen) atoms. The fraction of sp³-hybridized carbons (Fsp3) is 0.500. The first kappa shape index (κ1) is 16.5. The zero-order chi connectivity index (χ0) is 16.8. The van der Waals surface area contributed by atoms with Crippen LogP contribution >= 0.6 is 0 Å². The van der Waals surface area contributed by atoms with Crippen molar-refractivity contribution in [2.75, 3.05) is 13.7 Å². The highest BCUT2D eigenvalue weighted by Gasteiger charge is 2.28. The summed E-state index contributed by atoms with van der Waals surface area (Å²) in [5.74, 6) is 1.15. The van der Waals surface area contributed by atoms with Crippen molar-refractivity contribution >= 4 is 5.91 Å². The lowest BCUT2D eigenvalue weighted by atomic mass is 10.0. The molecule has 1 amide bonds. The largest absolute Gasteiger partial charge is 0.496 e. The highest BCUT2D eigenvalue weighted by molar-refractivity contribution is 5.76. The lowest BCUT2D eigenvalue weighted by molar-refractivity contribution is -0.132. The molecule has 6 heteroatoms. The van der Waals surface area contributed by atoms with Crippen LogP contribution < -0.4 is 4.74 Å². The minimum absolute atomic E-state index is 0.243. The zero-order valence-corrected chi connectivity index (χ0v) is 14.1. The van der Waals surface area contributed by atoms with E-state index < -0.39 is 0 Å². The molecule has 128 valence electrons. The van der Waals surface area contributed by atoms with Crippen LogP contribution in [0.4, 0.5) is 0 Å². The highest BCUT2D eigenvalue weighted by atomic mass is 16.5. The van der Waals surface area contributed by atoms with Crippen LogP contribution in [0.5, 0.6) is 5.75 Å². The number of hydrogen-bond acceptors (Lipinski definition) is 4. The fourth-order valence-corrected chi connectivity index (χ4v) is 3.39. The second kappa shape index (κ2) is 7.95. The van der Waals surface area contributed by atoms with E-state index in [1.165, 1.54) is 11.9 Å². The van der Waals surface area contributed by atoms with Crippen molar-refractivity contribution < 1.29 is 9.53 Å². The summed E-state index contributed by atoms with van der Waals surface area (Å²) < 4.78 is 7.21. The van der Waals surface area contributed by atoms with E-state index in [1.807, 2.05) is 23.1 Å². The van der Waals surface area contributed by atoms with Crippen LogP contribution in [-0.2, 0) is 17.8 Å². The van der Waals surface area contributed by atoms with Crippen LogP contribution in [0.2, 0.25) is 0 Å². The first-order chi connectivity index (χ1) is 11.8. The number of amides is 1. The minimum atomic E-state index is 0.243. The molecule has 3 rings (SSSR count). The van der Waals surface area contributed by atoms with Crippen molar-refractivity contribution in [1.29, 1.82) is 0 Å². The Morgan fingerprint density at radius 1 is 1.38 bits per heavy atom. The van der Waals surface area contributed by atoms with Crippen LogP contribution in [0, 0.1) is 0 Å². The third kappa shape index (κ3) is 3.93. The summed E-state index contributed by atoms with van der Waals surface area (Å²) in [6.07, 6.45) is 7.55. The van der Waals surface area contributed by atoms with E-state index >= 15 is 0 Å². The molecule has 0 bridgehead atoms. The van der Waals surface area contributed by atoms with E-state index in [1.54, 1.807) is 18.1 Å². The number of benzene rings is 1. The number of rotatable bonds is 7. The topological polar surface area (TPSA) is 60.2 Å². The molecule has 1 aromatic heterocycles. The number of aryl methyl sites for hydroxylation is 1. The Morgan fingerprint density at radius 2 is 2.25 bits per heavy atom. The summed E-state index contributed by atoms with van der Waals surface area (Å²) in [5.41, 5.74) is 1.17. The predicted molar refractivity (Wildman–Crippen MR) is 90.7 cm³/mol. The average molecular weight is 328 g/mol. The number of likely N-dealkylation sites (tertiary alicyclic amines) is 1. The van der Waals surface area contributed by atoms with Gasteiger partial charge in [0.25, 0.3) is 0 Å². The van der Waals surface area contributed by atoms with Gasteiger partial charge in [-0.2, -0.15) is 5.10 Å². The molecule has 6 nitrogen and oxygen atoms in total. The zero-order valence-electron chi connectivity index (χ0n) is 14.1. The molecular weight excluding hydrogens is 304 g/mol. The number of carbonyl (C=O) groups is 1. The Balaban J connectivity index is 1.55. The van der Waals surface area contributed by atoms with E-state index in [2.05, 4.69) is 16.1 Å². The van der Waals surface area contributed by atoms with Crippen LogP contribution in [0.3, 0.4) is 0 Å². The summed E-state index contributed by atoms with van der Waals surface area (Å²) in [4.78, 5) is 18.5. The second-order valence-electron chi connectivity index (χ2n) is 6.16. The van der Waals surface area contributed by atoms with Gasteiger partial charge in [-0.3, -0.25) is 9.48 Å². The van der Waals surface area contributed by atoms with Crippen LogP contribution in [0.25, 0.3) is 0 Å². The predicted octanol–water partition coefficient (Wildman–Crippen LogP) is 2.30. The van der Waals surface area contributed by atoms with E-state index in [0.717, 1.165) is 44.5 Å². The SMILES string of the molecule is COc1ccccc1C[C@@H]1CCCN1C(=O)CCCn1cncn1. The van der Waals surface area contributed by atoms with Crippen molar-refractivity contribution in [3.05, 3.63) is 42.5 Å². The molecule has 1 atom stereocenters. The highest BCUT2D eigenvalue weighted by Crippen LogP contribution is 2.26. The Hall–Kier alpha value is -2.37. The summed E-state index contributed by atoms with van der Waals surface area (Å²) in [6, 6.07) is 8.35. The number of ether oxygens (including phenoxy) is 1. The van der Waals surface area contributed by atoms with Crippen molar-refractivity contribution in [1.82, 2.24) is 19.7 Å². The van der Waals surface area contributed by atoms with E-state index in [4.69, 9.17) is 4.74 Å². The molecule has 0 N–H and O–H groups in total. The van der Waals surface area contributed by atoms with E-state index in [0.29, 0.717) is 6.42 Å². The van der Waals surface area contributed by atoms with Crippen LogP contribution in [-0.4, -0.2) is 45.3 Å². The van der Waals surface area contributed by atoms with Gasteiger partial charge in [0.1, 0.15) is 18.4 Å². The average Bonchev–Trinajstić information content (AvgIpc) is 3.27. The third-order valence-electron chi connectivity index (χ3n) is 4.59. The molecule has 1 saturated heterocycles. The Kier molecular flexibility index (Phi) is 5.46. The lowest BCUT2D eigenvalue weighted by Crippen LogP contribution is -2.36. The maximum absolute atomic E-state index is 12.6. The molecule has 0 saturated carbocycles. The molecule has 0 aliphatic carbocycles. The van der Waals surface area contributed by atoms with Gasteiger partial charge in [0.2, 0.25) is 5.91 Å².